The smallest absolute Gasteiger partial charge is 0.221 e. The van der Waals surface area contributed by atoms with Gasteiger partial charge in [-0.05, 0) is 23.8 Å². The number of benzene rings is 1. The van der Waals surface area contributed by atoms with Gasteiger partial charge in [0.1, 0.15) is 0 Å². The molecule has 1 amide bonds. The van der Waals surface area contributed by atoms with Crippen LogP contribution in [-0.2, 0) is 17.1 Å². The van der Waals surface area contributed by atoms with Gasteiger partial charge in [-0.25, -0.2) is 4.98 Å². The number of hydrogen-bond donors (Lipinski definition) is 1. The Labute approximate surface area is 159 Å². The van der Waals surface area contributed by atoms with Crippen LogP contribution in [0.4, 0.5) is 0 Å². The lowest BCUT2D eigenvalue weighted by atomic mass is 10.2. The van der Waals surface area contributed by atoms with E-state index in [-0.39, 0.29) is 5.91 Å². The molecule has 25 heavy (non-hydrogen) atoms. The molecule has 0 saturated heterocycles. The number of thiazole rings is 1. The Bertz CT molecular complexity index is 818. The van der Waals surface area contributed by atoms with Crippen LogP contribution in [0.25, 0.3) is 10.8 Å². The number of thioether (sulfide) groups is 1. The molecule has 0 unspecified atom stereocenters. The lowest BCUT2D eigenvalue weighted by Gasteiger charge is -2.06. The summed E-state index contributed by atoms with van der Waals surface area (Å²) in [4.78, 5) is 16.4. The lowest BCUT2D eigenvalue weighted by molar-refractivity contribution is -0.120. The van der Waals surface area contributed by atoms with Gasteiger partial charge in [0.05, 0.1) is 12.0 Å². The molecule has 0 atom stereocenters. The van der Waals surface area contributed by atoms with Gasteiger partial charge in [-0.3, -0.25) is 4.79 Å². The van der Waals surface area contributed by atoms with E-state index in [4.69, 9.17) is 16.0 Å². The maximum Gasteiger partial charge on any atom is 0.221 e. The Morgan fingerprint density at radius 2 is 2.16 bits per heavy atom. The molecule has 130 valence electrons. The van der Waals surface area contributed by atoms with Crippen LogP contribution in [0.3, 0.4) is 0 Å². The van der Waals surface area contributed by atoms with Crippen LogP contribution < -0.4 is 5.32 Å². The number of nitrogens with one attached hydrogen (secondary N) is 1. The number of nitrogens with zero attached hydrogens (tertiary/aromatic N) is 1. The normalized spacial score (nSPS) is 10.8. The quantitative estimate of drug-likeness (QED) is 0.548. The SMILES string of the molecule is O=C(CCSCc1csc(-c2ccco2)n1)NCc1ccccc1Cl. The van der Waals surface area contributed by atoms with Crippen LogP contribution in [0, 0.1) is 0 Å². The summed E-state index contributed by atoms with van der Waals surface area (Å²) < 4.78 is 5.34. The van der Waals surface area contributed by atoms with Crippen molar-refractivity contribution in [1.29, 1.82) is 0 Å². The second-order valence-electron chi connectivity index (χ2n) is 5.29. The molecule has 7 heteroatoms. The van der Waals surface area contributed by atoms with Crippen LogP contribution in [0.1, 0.15) is 17.7 Å². The minimum Gasteiger partial charge on any atom is -0.462 e. The second kappa shape index (κ2) is 9.08. The number of carbonyl (C=O) groups excluding carboxylic acids is 1. The van der Waals surface area contributed by atoms with Crippen molar-refractivity contribution in [3.05, 3.63) is 64.3 Å². The third kappa shape index (κ3) is 5.36. The summed E-state index contributed by atoms with van der Waals surface area (Å²) in [6.45, 7) is 0.460. The molecule has 0 saturated carbocycles. The van der Waals surface area contributed by atoms with Gasteiger partial charge in [-0.2, -0.15) is 11.8 Å². The molecule has 0 bridgehead atoms. The molecular formula is C18H17ClN2O2S2. The highest BCUT2D eigenvalue weighted by atomic mass is 35.5. The predicted octanol–water partition coefficient (Wildman–Crippen LogP) is 5.00. The fraction of sp³-hybridized carbons (Fsp3) is 0.222. The number of hydrogen-bond acceptors (Lipinski definition) is 5. The van der Waals surface area contributed by atoms with Crippen LogP contribution in [0.2, 0.25) is 5.02 Å². The molecular weight excluding hydrogens is 376 g/mol. The molecule has 0 aliphatic heterocycles. The minimum absolute atomic E-state index is 0.0296. The van der Waals surface area contributed by atoms with Gasteiger partial charge in [-0.15, -0.1) is 11.3 Å². The van der Waals surface area contributed by atoms with Crippen molar-refractivity contribution < 1.29 is 9.21 Å². The zero-order chi connectivity index (χ0) is 17.5. The zero-order valence-corrected chi connectivity index (χ0v) is 15.8. The second-order valence-corrected chi connectivity index (χ2v) is 7.66. The Hall–Kier alpha value is -1.76. The Balaban J connectivity index is 1.36. The highest BCUT2D eigenvalue weighted by molar-refractivity contribution is 7.98. The van der Waals surface area contributed by atoms with Gasteiger partial charge in [0.15, 0.2) is 10.8 Å². The van der Waals surface area contributed by atoms with Gasteiger partial charge < -0.3 is 9.73 Å². The summed E-state index contributed by atoms with van der Waals surface area (Å²) >= 11 is 9.34. The van der Waals surface area contributed by atoms with Crippen LogP contribution in [0.15, 0.2) is 52.5 Å². The van der Waals surface area contributed by atoms with Crippen LogP contribution in [-0.4, -0.2) is 16.6 Å². The van der Waals surface area contributed by atoms with Crippen molar-refractivity contribution in [2.45, 2.75) is 18.7 Å². The lowest BCUT2D eigenvalue weighted by Crippen LogP contribution is -2.23. The van der Waals surface area contributed by atoms with E-state index < -0.39 is 0 Å². The molecule has 0 fully saturated rings. The molecule has 1 aromatic carbocycles. The highest BCUT2D eigenvalue weighted by Gasteiger charge is 2.08. The Kier molecular flexibility index (Phi) is 6.55. The van der Waals surface area contributed by atoms with Crippen LogP contribution >= 0.6 is 34.7 Å². The zero-order valence-electron chi connectivity index (χ0n) is 13.4. The molecule has 0 spiro atoms. The molecule has 0 aliphatic rings. The first-order valence-electron chi connectivity index (χ1n) is 7.78. The summed E-state index contributed by atoms with van der Waals surface area (Å²) in [5, 5.41) is 6.49. The maximum absolute atomic E-state index is 11.9. The van der Waals surface area contributed by atoms with Gasteiger partial charge >= 0.3 is 0 Å². The summed E-state index contributed by atoms with van der Waals surface area (Å²) in [5.74, 6) is 2.36. The van der Waals surface area contributed by atoms with Crippen molar-refractivity contribution in [1.82, 2.24) is 10.3 Å². The molecule has 3 aromatic rings. The molecule has 3 rings (SSSR count). The fourth-order valence-corrected chi connectivity index (χ4v) is 4.08. The van der Waals surface area contributed by atoms with E-state index in [1.54, 1.807) is 29.4 Å². The van der Waals surface area contributed by atoms with E-state index in [0.29, 0.717) is 18.0 Å². The molecule has 2 aromatic heterocycles. The number of aromatic nitrogens is 1. The van der Waals surface area contributed by atoms with Gasteiger partial charge in [0.2, 0.25) is 5.91 Å². The van der Waals surface area contributed by atoms with E-state index in [0.717, 1.165) is 33.5 Å². The first-order chi connectivity index (χ1) is 12.2. The van der Waals surface area contributed by atoms with Crippen molar-refractivity contribution >= 4 is 40.6 Å². The third-order valence-electron chi connectivity index (χ3n) is 3.44. The largest absolute Gasteiger partial charge is 0.462 e. The summed E-state index contributed by atoms with van der Waals surface area (Å²) in [5.41, 5.74) is 1.94. The van der Waals surface area contributed by atoms with E-state index >= 15 is 0 Å². The molecule has 2 heterocycles. The van der Waals surface area contributed by atoms with E-state index in [1.807, 2.05) is 41.8 Å². The standard InChI is InChI=1S/C18H17ClN2O2S2/c19-15-5-2-1-4-13(15)10-20-17(22)7-9-24-11-14-12-25-18(21-14)16-6-3-8-23-16/h1-6,8,12H,7,9-11H2,(H,20,22). The van der Waals surface area contributed by atoms with Gasteiger partial charge in [0.25, 0.3) is 0 Å². The minimum atomic E-state index is 0.0296. The van der Waals surface area contributed by atoms with E-state index in [2.05, 4.69) is 10.3 Å². The number of halogens is 1. The Morgan fingerprint density at radius 1 is 1.28 bits per heavy atom. The number of rotatable bonds is 8. The number of amides is 1. The predicted molar refractivity (Wildman–Crippen MR) is 104 cm³/mol. The monoisotopic (exact) mass is 392 g/mol. The molecule has 1 N–H and O–H groups in total. The molecule has 4 nitrogen and oxygen atoms in total. The Morgan fingerprint density at radius 3 is 2.96 bits per heavy atom. The topological polar surface area (TPSA) is 55.1 Å². The summed E-state index contributed by atoms with van der Waals surface area (Å²) in [6.07, 6.45) is 2.12. The highest BCUT2D eigenvalue weighted by Crippen LogP contribution is 2.25. The molecule has 0 aliphatic carbocycles. The first-order valence-corrected chi connectivity index (χ1v) is 10.2. The van der Waals surface area contributed by atoms with E-state index in [1.165, 1.54) is 0 Å². The number of furan rings is 1. The fourth-order valence-electron chi connectivity index (χ4n) is 2.15. The van der Waals surface area contributed by atoms with Crippen molar-refractivity contribution in [2.75, 3.05) is 5.75 Å². The average molecular weight is 393 g/mol. The molecule has 0 radical (unpaired) electrons. The third-order valence-corrected chi connectivity index (χ3v) is 5.71. The van der Waals surface area contributed by atoms with Gasteiger partial charge in [0, 0.05) is 34.9 Å². The van der Waals surface area contributed by atoms with Gasteiger partial charge in [-0.1, -0.05) is 29.8 Å². The van der Waals surface area contributed by atoms with E-state index in [9.17, 15) is 4.79 Å². The van der Waals surface area contributed by atoms with Crippen molar-refractivity contribution in [3.63, 3.8) is 0 Å². The average Bonchev–Trinajstić information content (AvgIpc) is 3.29. The maximum atomic E-state index is 11.9. The van der Waals surface area contributed by atoms with Crippen molar-refractivity contribution in [2.24, 2.45) is 0 Å². The van der Waals surface area contributed by atoms with Crippen molar-refractivity contribution in [3.8, 4) is 10.8 Å². The van der Waals surface area contributed by atoms with Crippen LogP contribution in [0.5, 0.6) is 0 Å². The number of carbonyl (C=O) groups is 1. The summed E-state index contributed by atoms with van der Waals surface area (Å²) in [6, 6.07) is 11.3. The summed E-state index contributed by atoms with van der Waals surface area (Å²) in [7, 11) is 0. The first kappa shape index (κ1) is 18.0.